The molecule has 0 saturated heterocycles. The van der Waals surface area contributed by atoms with E-state index in [4.69, 9.17) is 14.3 Å². The van der Waals surface area contributed by atoms with E-state index in [0.29, 0.717) is 40.1 Å². The van der Waals surface area contributed by atoms with E-state index in [1.165, 1.54) is 18.4 Å². The second kappa shape index (κ2) is 8.66. The van der Waals surface area contributed by atoms with Crippen LogP contribution in [0.5, 0.6) is 5.75 Å². The van der Waals surface area contributed by atoms with E-state index in [0.717, 1.165) is 23.3 Å². The van der Waals surface area contributed by atoms with Gasteiger partial charge in [0.1, 0.15) is 17.9 Å². The monoisotopic (exact) mass is 483 g/mol. The van der Waals surface area contributed by atoms with Crippen LogP contribution in [0.1, 0.15) is 34.0 Å². The van der Waals surface area contributed by atoms with Crippen LogP contribution >= 0.6 is 0 Å². The average molecular weight is 483 g/mol. The normalized spacial score (nSPS) is 15.4. The van der Waals surface area contributed by atoms with Crippen LogP contribution in [-0.4, -0.2) is 16.2 Å². The lowest BCUT2D eigenvalue weighted by molar-refractivity contribution is -0.138. The molecule has 2 N–H and O–H groups in total. The molecule has 4 aromatic rings. The second-order valence-electron chi connectivity index (χ2n) is 8.31. The van der Waals surface area contributed by atoms with E-state index in [-0.39, 0.29) is 13.0 Å². The van der Waals surface area contributed by atoms with Gasteiger partial charge in [-0.2, -0.15) is 13.2 Å². The molecular formula is C26H20F3NO5. The number of alkyl halides is 3. The van der Waals surface area contributed by atoms with Crippen molar-refractivity contribution in [3.05, 3.63) is 94.7 Å². The molecule has 1 aliphatic rings. The van der Waals surface area contributed by atoms with Gasteiger partial charge < -0.3 is 24.3 Å². The van der Waals surface area contributed by atoms with E-state index in [1.807, 2.05) is 6.07 Å². The van der Waals surface area contributed by atoms with Gasteiger partial charge in [-0.05, 0) is 47.5 Å². The van der Waals surface area contributed by atoms with Crippen LogP contribution in [-0.2, 0) is 30.5 Å². The summed E-state index contributed by atoms with van der Waals surface area (Å²) < 4.78 is 50.1. The molecule has 35 heavy (non-hydrogen) atoms. The number of carboxylic acids is 1. The largest absolute Gasteiger partial charge is 0.489 e. The molecule has 180 valence electrons. The molecule has 1 aliphatic heterocycles. The summed E-state index contributed by atoms with van der Waals surface area (Å²) in [7, 11) is 0. The maximum Gasteiger partial charge on any atom is 0.416 e. The number of aliphatic hydroxyl groups is 1. The van der Waals surface area contributed by atoms with Crippen molar-refractivity contribution in [2.24, 2.45) is 0 Å². The van der Waals surface area contributed by atoms with Crippen molar-refractivity contribution in [3.63, 3.8) is 0 Å². The zero-order valence-corrected chi connectivity index (χ0v) is 18.2. The van der Waals surface area contributed by atoms with Gasteiger partial charge in [0.05, 0.1) is 18.2 Å². The highest BCUT2D eigenvalue weighted by Crippen LogP contribution is 2.39. The van der Waals surface area contributed by atoms with Gasteiger partial charge in [-0.3, -0.25) is 4.79 Å². The molecule has 0 fully saturated rings. The number of carbonyl (C=O) groups is 1. The first-order valence-electron chi connectivity index (χ1n) is 10.8. The maximum absolute atomic E-state index is 12.9. The Morgan fingerprint density at radius 3 is 2.57 bits per heavy atom. The fourth-order valence-corrected chi connectivity index (χ4v) is 4.34. The fourth-order valence-electron chi connectivity index (χ4n) is 4.34. The Kier molecular flexibility index (Phi) is 5.64. The third-order valence-electron chi connectivity index (χ3n) is 6.10. The molecule has 0 aliphatic carbocycles. The molecule has 1 aromatic heterocycles. The first kappa shape index (κ1) is 22.8. The van der Waals surface area contributed by atoms with Gasteiger partial charge in [0.2, 0.25) is 0 Å². The van der Waals surface area contributed by atoms with Crippen LogP contribution in [0.15, 0.2) is 71.3 Å². The smallest absolute Gasteiger partial charge is 0.416 e. The molecule has 0 spiro atoms. The summed E-state index contributed by atoms with van der Waals surface area (Å²) in [6, 6.07) is 15.3. The summed E-state index contributed by atoms with van der Waals surface area (Å²) >= 11 is 0. The van der Waals surface area contributed by atoms with Gasteiger partial charge in [0.15, 0.2) is 6.23 Å². The summed E-state index contributed by atoms with van der Waals surface area (Å²) in [5.41, 5.74) is 3.19. The fraction of sp³-hybridized carbons (Fsp3) is 0.192. The second-order valence-corrected chi connectivity index (χ2v) is 8.31. The highest BCUT2D eigenvalue weighted by molar-refractivity contribution is 5.86. The molecule has 2 heterocycles. The standard InChI is InChI=1S/C26H20F3NO5/c27-26(28,29)17-4-6-18(7-5-17)30-12-22-15(2-1-3-21(22)25(30)33)13-34-19-8-9-20-16(10-24(31)32)14-35-23(20)11-19/h1-9,11,14,25,33H,10,12-13H2,(H,31,32). The number of ether oxygens (including phenoxy) is 1. The minimum atomic E-state index is -4.42. The molecule has 9 heteroatoms. The summed E-state index contributed by atoms with van der Waals surface area (Å²) in [4.78, 5) is 12.6. The Morgan fingerprint density at radius 2 is 1.86 bits per heavy atom. The molecule has 6 nitrogen and oxygen atoms in total. The third-order valence-corrected chi connectivity index (χ3v) is 6.10. The molecule has 0 saturated carbocycles. The molecule has 0 bridgehead atoms. The average Bonchev–Trinajstić information content (AvgIpc) is 3.37. The molecular weight excluding hydrogens is 463 g/mol. The number of aliphatic hydroxyl groups excluding tert-OH is 1. The number of aliphatic carboxylic acids is 1. The zero-order chi connectivity index (χ0) is 24.7. The van der Waals surface area contributed by atoms with Crippen molar-refractivity contribution in [1.82, 2.24) is 0 Å². The molecule has 1 unspecified atom stereocenters. The van der Waals surface area contributed by atoms with Crippen molar-refractivity contribution in [2.45, 2.75) is 32.0 Å². The number of hydrogen-bond acceptors (Lipinski definition) is 5. The molecule has 0 radical (unpaired) electrons. The van der Waals surface area contributed by atoms with Crippen molar-refractivity contribution in [3.8, 4) is 5.75 Å². The first-order valence-corrected chi connectivity index (χ1v) is 10.8. The Hall–Kier alpha value is -3.98. The predicted molar refractivity (Wildman–Crippen MR) is 121 cm³/mol. The van der Waals surface area contributed by atoms with E-state index in [9.17, 15) is 23.1 Å². The van der Waals surface area contributed by atoms with Crippen molar-refractivity contribution < 1.29 is 37.3 Å². The zero-order valence-electron chi connectivity index (χ0n) is 18.2. The van der Waals surface area contributed by atoms with Crippen LogP contribution in [0.25, 0.3) is 11.0 Å². The molecule has 0 amide bonds. The van der Waals surface area contributed by atoms with E-state index < -0.39 is 23.9 Å². The molecule has 5 rings (SSSR count). The van der Waals surface area contributed by atoms with Crippen LogP contribution in [0.3, 0.4) is 0 Å². The first-order chi connectivity index (χ1) is 16.7. The number of benzene rings is 3. The summed E-state index contributed by atoms with van der Waals surface area (Å²) in [5, 5.41) is 20.5. The van der Waals surface area contributed by atoms with Gasteiger partial charge in [-0.25, -0.2) is 0 Å². The molecule has 3 aromatic carbocycles. The van der Waals surface area contributed by atoms with Crippen LogP contribution in [0, 0.1) is 0 Å². The minimum Gasteiger partial charge on any atom is -0.489 e. The number of fused-ring (bicyclic) bond motifs is 2. The highest BCUT2D eigenvalue weighted by Gasteiger charge is 2.33. The van der Waals surface area contributed by atoms with E-state index in [1.54, 1.807) is 35.2 Å². The lowest BCUT2D eigenvalue weighted by Gasteiger charge is -2.23. The maximum atomic E-state index is 12.9. The van der Waals surface area contributed by atoms with Crippen LogP contribution in [0.4, 0.5) is 18.9 Å². The Labute approximate surface area is 197 Å². The van der Waals surface area contributed by atoms with Crippen LogP contribution < -0.4 is 9.64 Å². The van der Waals surface area contributed by atoms with Crippen molar-refractivity contribution in [1.29, 1.82) is 0 Å². The van der Waals surface area contributed by atoms with Crippen LogP contribution in [0.2, 0.25) is 0 Å². The lowest BCUT2D eigenvalue weighted by Crippen LogP contribution is -2.21. The highest BCUT2D eigenvalue weighted by atomic mass is 19.4. The summed E-state index contributed by atoms with van der Waals surface area (Å²) in [6.45, 7) is 0.516. The molecule has 1 atom stereocenters. The van der Waals surface area contributed by atoms with E-state index >= 15 is 0 Å². The number of nitrogens with zero attached hydrogens (tertiary/aromatic N) is 1. The number of rotatable bonds is 6. The Morgan fingerprint density at radius 1 is 1.09 bits per heavy atom. The Bertz CT molecular complexity index is 1390. The lowest BCUT2D eigenvalue weighted by atomic mass is 10.0. The Balaban J connectivity index is 1.33. The van der Waals surface area contributed by atoms with Gasteiger partial charge in [0.25, 0.3) is 0 Å². The number of halogens is 3. The minimum absolute atomic E-state index is 0.138. The van der Waals surface area contributed by atoms with Gasteiger partial charge >= 0.3 is 12.1 Å². The number of furan rings is 1. The number of carboxylic acid groups (broad SMARTS) is 1. The SMILES string of the molecule is O=C(O)Cc1coc2cc(OCc3cccc4c3CN(c3ccc(C(F)(F)F)cc3)C4O)ccc12. The number of hydrogen-bond donors (Lipinski definition) is 2. The topological polar surface area (TPSA) is 83.1 Å². The van der Waals surface area contributed by atoms with Crippen molar-refractivity contribution in [2.75, 3.05) is 4.90 Å². The van der Waals surface area contributed by atoms with E-state index in [2.05, 4.69) is 0 Å². The van der Waals surface area contributed by atoms with Gasteiger partial charge in [-0.1, -0.05) is 18.2 Å². The van der Waals surface area contributed by atoms with Gasteiger partial charge in [-0.15, -0.1) is 0 Å². The van der Waals surface area contributed by atoms with Gasteiger partial charge in [0, 0.05) is 34.8 Å². The third kappa shape index (κ3) is 4.42. The number of anilines is 1. The quantitative estimate of drug-likeness (QED) is 0.368. The van der Waals surface area contributed by atoms with Crippen molar-refractivity contribution >= 4 is 22.6 Å². The summed E-state index contributed by atoms with van der Waals surface area (Å²) in [5.74, 6) is -0.414. The summed E-state index contributed by atoms with van der Waals surface area (Å²) in [6.07, 6.45) is -4.13. The predicted octanol–water partition coefficient (Wildman–Crippen LogP) is 5.67.